The van der Waals surface area contributed by atoms with E-state index < -0.39 is 11.6 Å². The van der Waals surface area contributed by atoms with Crippen LogP contribution in [0.2, 0.25) is 0 Å². The number of amides is 1. The van der Waals surface area contributed by atoms with Crippen LogP contribution in [0.4, 0.5) is 10.1 Å². The van der Waals surface area contributed by atoms with Crippen molar-refractivity contribution in [2.75, 3.05) is 18.4 Å². The third-order valence-corrected chi connectivity index (χ3v) is 2.66. The fourth-order valence-corrected chi connectivity index (χ4v) is 1.67. The first-order valence-corrected chi connectivity index (χ1v) is 5.11. The normalized spacial score (nSPS) is 24.3. The van der Waals surface area contributed by atoms with Crippen LogP contribution < -0.4 is 10.6 Å². The molecule has 0 radical (unpaired) electrons. The lowest BCUT2D eigenvalue weighted by atomic mass is 10.0. The summed E-state index contributed by atoms with van der Waals surface area (Å²) in [5, 5.41) is 14.6. The quantitative estimate of drug-likeness (QED) is 0.657. The summed E-state index contributed by atoms with van der Waals surface area (Å²) in [5.41, 5.74) is -1.64. The van der Waals surface area contributed by atoms with E-state index in [1.165, 1.54) is 12.1 Å². The van der Waals surface area contributed by atoms with Gasteiger partial charge in [0.15, 0.2) is 0 Å². The number of hydrogen-bond acceptors (Lipinski definition) is 3. The zero-order valence-electron chi connectivity index (χ0n) is 8.66. The molecule has 3 N–H and O–H groups in total. The summed E-state index contributed by atoms with van der Waals surface area (Å²) in [6, 6.07) is 6.26. The highest BCUT2D eigenvalue weighted by Gasteiger charge is 2.41. The van der Waals surface area contributed by atoms with Gasteiger partial charge in [-0.15, -0.1) is 0 Å². The number of carbonyl (C=O) groups excluding carboxylic acids is 1. The molecule has 4 nitrogen and oxygen atoms in total. The topological polar surface area (TPSA) is 61.4 Å². The highest BCUT2D eigenvalue weighted by atomic mass is 19.1. The van der Waals surface area contributed by atoms with E-state index in [0.29, 0.717) is 6.54 Å². The second-order valence-corrected chi connectivity index (χ2v) is 3.86. The number of carbonyl (C=O) groups is 1. The molecule has 1 aromatic carbocycles. The van der Waals surface area contributed by atoms with Crippen LogP contribution in [-0.2, 0) is 4.79 Å². The number of rotatable bonds is 2. The van der Waals surface area contributed by atoms with E-state index in [1.54, 1.807) is 12.1 Å². The Morgan fingerprint density at radius 2 is 2.25 bits per heavy atom. The van der Waals surface area contributed by atoms with E-state index in [1.807, 2.05) is 0 Å². The molecule has 1 aromatic rings. The molecule has 1 amide bonds. The number of phenols is 1. The summed E-state index contributed by atoms with van der Waals surface area (Å²) in [6.45, 7) is 0.511. The van der Waals surface area contributed by atoms with Gasteiger partial charge in [-0.3, -0.25) is 4.79 Å². The van der Waals surface area contributed by atoms with Crippen LogP contribution in [0.25, 0.3) is 0 Å². The molecule has 5 heteroatoms. The average Bonchev–Trinajstić information content (AvgIpc) is 2.70. The second-order valence-electron chi connectivity index (χ2n) is 3.86. The monoisotopic (exact) mass is 224 g/mol. The minimum atomic E-state index is -1.87. The van der Waals surface area contributed by atoms with E-state index in [2.05, 4.69) is 10.6 Å². The largest absolute Gasteiger partial charge is 0.506 e. The first-order chi connectivity index (χ1) is 7.62. The Bertz CT molecular complexity index is 403. The summed E-state index contributed by atoms with van der Waals surface area (Å²) in [7, 11) is 0. The highest BCUT2D eigenvalue weighted by molar-refractivity contribution is 5.98. The molecule has 0 spiro atoms. The lowest BCUT2D eigenvalue weighted by molar-refractivity contribution is -0.126. The minimum Gasteiger partial charge on any atom is -0.506 e. The Balaban J connectivity index is 2.10. The molecule has 1 saturated heterocycles. The number of benzene rings is 1. The Kier molecular flexibility index (Phi) is 2.78. The molecule has 0 aromatic heterocycles. The van der Waals surface area contributed by atoms with Gasteiger partial charge < -0.3 is 15.7 Å². The Morgan fingerprint density at radius 3 is 2.88 bits per heavy atom. The van der Waals surface area contributed by atoms with Gasteiger partial charge in [0.25, 0.3) is 5.91 Å². The SMILES string of the molecule is O=C(Nc1ccccc1O)C1(F)CCNC1. The maximum atomic E-state index is 14.0. The standard InChI is InChI=1S/C11H13FN2O2/c12-11(5-6-13-7-11)10(16)14-8-3-1-2-4-9(8)15/h1-4,13,15H,5-7H2,(H,14,16). The van der Waals surface area contributed by atoms with Crippen LogP contribution in [0.15, 0.2) is 24.3 Å². The second kappa shape index (κ2) is 4.09. The molecule has 86 valence electrons. The Hall–Kier alpha value is -1.62. The van der Waals surface area contributed by atoms with Crippen molar-refractivity contribution >= 4 is 11.6 Å². The summed E-state index contributed by atoms with van der Waals surface area (Å²) < 4.78 is 14.0. The molecule has 1 heterocycles. The fraction of sp³-hybridized carbons (Fsp3) is 0.364. The van der Waals surface area contributed by atoms with Crippen LogP contribution in [0.3, 0.4) is 0 Å². The maximum absolute atomic E-state index is 14.0. The predicted octanol–water partition coefficient (Wildman–Crippen LogP) is 1.03. The van der Waals surface area contributed by atoms with Crippen LogP contribution in [-0.4, -0.2) is 29.8 Å². The first-order valence-electron chi connectivity index (χ1n) is 5.11. The molecule has 0 aliphatic carbocycles. The van der Waals surface area contributed by atoms with Gasteiger partial charge in [-0.2, -0.15) is 0 Å². The smallest absolute Gasteiger partial charge is 0.263 e. The van der Waals surface area contributed by atoms with Crippen molar-refractivity contribution in [1.82, 2.24) is 5.32 Å². The summed E-state index contributed by atoms with van der Waals surface area (Å²) >= 11 is 0. The van der Waals surface area contributed by atoms with Crippen molar-refractivity contribution in [3.63, 3.8) is 0 Å². The molecular weight excluding hydrogens is 211 g/mol. The molecule has 16 heavy (non-hydrogen) atoms. The van der Waals surface area contributed by atoms with Gasteiger partial charge >= 0.3 is 0 Å². The van der Waals surface area contributed by atoms with Crippen LogP contribution in [0, 0.1) is 0 Å². The van der Waals surface area contributed by atoms with E-state index in [9.17, 15) is 14.3 Å². The van der Waals surface area contributed by atoms with Gasteiger partial charge in [0.1, 0.15) is 5.75 Å². The molecule has 1 aliphatic rings. The van der Waals surface area contributed by atoms with E-state index >= 15 is 0 Å². The summed E-state index contributed by atoms with van der Waals surface area (Å²) in [6.07, 6.45) is 0.159. The Labute approximate surface area is 92.5 Å². The van der Waals surface area contributed by atoms with Crippen LogP contribution >= 0.6 is 0 Å². The number of nitrogens with one attached hydrogen (secondary N) is 2. The number of halogens is 1. The van der Waals surface area contributed by atoms with Crippen molar-refractivity contribution < 1.29 is 14.3 Å². The van der Waals surface area contributed by atoms with E-state index in [-0.39, 0.29) is 24.4 Å². The number of para-hydroxylation sites is 2. The lowest BCUT2D eigenvalue weighted by Crippen LogP contribution is -2.40. The van der Waals surface area contributed by atoms with Crippen molar-refractivity contribution in [2.45, 2.75) is 12.1 Å². The summed E-state index contributed by atoms with van der Waals surface area (Å²) in [5.74, 6) is -0.774. The number of phenolic OH excluding ortho intramolecular Hbond substituents is 1. The average molecular weight is 224 g/mol. The molecular formula is C11H13FN2O2. The van der Waals surface area contributed by atoms with Crippen LogP contribution in [0.1, 0.15) is 6.42 Å². The molecule has 2 rings (SSSR count). The lowest BCUT2D eigenvalue weighted by Gasteiger charge is -2.17. The summed E-state index contributed by atoms with van der Waals surface area (Å²) in [4.78, 5) is 11.7. The maximum Gasteiger partial charge on any atom is 0.263 e. The van der Waals surface area contributed by atoms with Gasteiger partial charge in [0, 0.05) is 13.0 Å². The molecule has 0 saturated carbocycles. The number of alkyl halides is 1. The van der Waals surface area contributed by atoms with Gasteiger partial charge in [-0.1, -0.05) is 12.1 Å². The first kappa shape index (κ1) is 10.9. The highest BCUT2D eigenvalue weighted by Crippen LogP contribution is 2.26. The van der Waals surface area contributed by atoms with Gasteiger partial charge in [0.2, 0.25) is 5.67 Å². The zero-order chi connectivity index (χ0) is 11.6. The molecule has 1 aliphatic heterocycles. The minimum absolute atomic E-state index is 0.0203. The third-order valence-electron chi connectivity index (χ3n) is 2.66. The van der Waals surface area contributed by atoms with Crippen LogP contribution in [0.5, 0.6) is 5.75 Å². The molecule has 0 bridgehead atoms. The molecule has 1 fully saturated rings. The number of hydrogen-bond donors (Lipinski definition) is 3. The number of aromatic hydroxyl groups is 1. The van der Waals surface area contributed by atoms with Gasteiger partial charge in [-0.05, 0) is 18.7 Å². The van der Waals surface area contributed by atoms with Crippen molar-refractivity contribution in [1.29, 1.82) is 0 Å². The van der Waals surface area contributed by atoms with Crippen molar-refractivity contribution in [2.24, 2.45) is 0 Å². The van der Waals surface area contributed by atoms with E-state index in [4.69, 9.17) is 0 Å². The van der Waals surface area contributed by atoms with Gasteiger partial charge in [0.05, 0.1) is 5.69 Å². The van der Waals surface area contributed by atoms with Crippen molar-refractivity contribution in [3.05, 3.63) is 24.3 Å². The number of anilines is 1. The fourth-order valence-electron chi connectivity index (χ4n) is 1.67. The zero-order valence-corrected chi connectivity index (χ0v) is 8.66. The molecule has 1 atom stereocenters. The third kappa shape index (κ3) is 1.99. The van der Waals surface area contributed by atoms with Gasteiger partial charge in [-0.25, -0.2) is 4.39 Å². The van der Waals surface area contributed by atoms with E-state index in [0.717, 1.165) is 0 Å². The van der Waals surface area contributed by atoms with Crippen molar-refractivity contribution in [3.8, 4) is 5.75 Å². The Morgan fingerprint density at radius 1 is 1.50 bits per heavy atom. The molecule has 1 unspecified atom stereocenters. The predicted molar refractivity (Wildman–Crippen MR) is 58.1 cm³/mol.